The van der Waals surface area contributed by atoms with Crippen LogP contribution in [0.5, 0.6) is 0 Å². The van der Waals surface area contributed by atoms with E-state index in [1.54, 1.807) is 35.2 Å². The van der Waals surface area contributed by atoms with Crippen molar-refractivity contribution in [2.24, 2.45) is 0 Å². The summed E-state index contributed by atoms with van der Waals surface area (Å²) in [4.78, 5) is 25.7. The molecule has 2 aromatic rings. The lowest BCUT2D eigenvalue weighted by Crippen LogP contribution is -2.23. The van der Waals surface area contributed by atoms with E-state index in [0.29, 0.717) is 27.7 Å². The molecule has 0 aliphatic carbocycles. The molecule has 2 aromatic carbocycles. The lowest BCUT2D eigenvalue weighted by Gasteiger charge is -2.16. The van der Waals surface area contributed by atoms with Gasteiger partial charge in [0.25, 0.3) is 5.91 Å². The fraction of sp³-hybridized carbons (Fsp3) is 0.176. The predicted octanol–water partition coefficient (Wildman–Crippen LogP) is 4.37. The van der Waals surface area contributed by atoms with Crippen molar-refractivity contribution in [2.75, 3.05) is 16.8 Å². The van der Waals surface area contributed by atoms with E-state index in [4.69, 9.17) is 23.2 Å². The molecule has 1 aliphatic heterocycles. The Morgan fingerprint density at radius 2 is 1.70 bits per heavy atom. The summed E-state index contributed by atoms with van der Waals surface area (Å²) in [5.41, 5.74) is 1.87. The Labute approximate surface area is 144 Å². The second-order valence-corrected chi connectivity index (χ2v) is 6.18. The number of hydrogen-bond donors (Lipinski definition) is 1. The number of nitrogens with one attached hydrogen (secondary N) is 1. The molecule has 23 heavy (non-hydrogen) atoms. The summed E-state index contributed by atoms with van der Waals surface area (Å²) in [6.07, 6.45) is 1.47. The normalized spacial score (nSPS) is 14.2. The molecular formula is C17H14Cl2N2O2. The van der Waals surface area contributed by atoms with Gasteiger partial charge < -0.3 is 10.2 Å². The molecule has 0 bridgehead atoms. The maximum atomic E-state index is 12.2. The van der Waals surface area contributed by atoms with Crippen LogP contribution >= 0.6 is 23.2 Å². The minimum atomic E-state index is -0.292. The smallest absolute Gasteiger partial charge is 0.255 e. The van der Waals surface area contributed by atoms with Crippen molar-refractivity contribution < 1.29 is 9.59 Å². The SMILES string of the molecule is O=C(Nc1ccc(N2CCCC2=O)cc1)c1cc(Cl)cc(Cl)c1. The van der Waals surface area contributed by atoms with Crippen molar-refractivity contribution in [2.45, 2.75) is 12.8 Å². The summed E-state index contributed by atoms with van der Waals surface area (Å²) in [5, 5.41) is 3.60. The predicted molar refractivity (Wildman–Crippen MR) is 92.4 cm³/mol. The van der Waals surface area contributed by atoms with E-state index in [9.17, 15) is 9.59 Å². The van der Waals surface area contributed by atoms with Crippen LogP contribution in [-0.2, 0) is 4.79 Å². The third-order valence-electron chi connectivity index (χ3n) is 3.64. The number of halogens is 2. The van der Waals surface area contributed by atoms with Gasteiger partial charge in [0.05, 0.1) is 0 Å². The van der Waals surface area contributed by atoms with E-state index >= 15 is 0 Å². The van der Waals surface area contributed by atoms with Crippen molar-refractivity contribution in [3.05, 3.63) is 58.1 Å². The maximum Gasteiger partial charge on any atom is 0.255 e. The van der Waals surface area contributed by atoms with Gasteiger partial charge in [-0.05, 0) is 48.9 Å². The number of rotatable bonds is 3. The van der Waals surface area contributed by atoms with Crippen molar-refractivity contribution in [3.8, 4) is 0 Å². The Hall–Kier alpha value is -2.04. The third-order valence-corrected chi connectivity index (χ3v) is 4.07. The summed E-state index contributed by atoms with van der Waals surface area (Å²) in [6, 6.07) is 11.9. The van der Waals surface area contributed by atoms with Gasteiger partial charge in [0.2, 0.25) is 5.91 Å². The van der Waals surface area contributed by atoms with Crippen LogP contribution in [0.3, 0.4) is 0 Å². The van der Waals surface area contributed by atoms with E-state index in [1.165, 1.54) is 0 Å². The first-order valence-electron chi connectivity index (χ1n) is 7.21. The Morgan fingerprint density at radius 3 is 2.26 bits per heavy atom. The monoisotopic (exact) mass is 348 g/mol. The van der Waals surface area contributed by atoms with E-state index in [1.807, 2.05) is 12.1 Å². The molecule has 1 aliphatic rings. The van der Waals surface area contributed by atoms with Crippen LogP contribution in [0.15, 0.2) is 42.5 Å². The zero-order valence-electron chi connectivity index (χ0n) is 12.2. The van der Waals surface area contributed by atoms with E-state index in [-0.39, 0.29) is 11.8 Å². The first-order chi connectivity index (χ1) is 11.0. The van der Waals surface area contributed by atoms with Crippen molar-refractivity contribution in [1.82, 2.24) is 0 Å². The minimum absolute atomic E-state index is 0.135. The second kappa shape index (κ2) is 6.60. The van der Waals surface area contributed by atoms with Crippen molar-refractivity contribution in [1.29, 1.82) is 0 Å². The summed E-state index contributed by atoms with van der Waals surface area (Å²) in [5.74, 6) is -0.158. The summed E-state index contributed by atoms with van der Waals surface area (Å²) in [6.45, 7) is 0.742. The molecule has 1 N–H and O–H groups in total. The van der Waals surface area contributed by atoms with Gasteiger partial charge in [-0.3, -0.25) is 9.59 Å². The molecule has 0 radical (unpaired) electrons. The average molecular weight is 349 g/mol. The second-order valence-electron chi connectivity index (χ2n) is 5.31. The van der Waals surface area contributed by atoms with Gasteiger partial charge in [-0.15, -0.1) is 0 Å². The fourth-order valence-corrected chi connectivity index (χ4v) is 3.06. The minimum Gasteiger partial charge on any atom is -0.322 e. The van der Waals surface area contributed by atoms with Crippen molar-refractivity contribution in [3.63, 3.8) is 0 Å². The zero-order valence-corrected chi connectivity index (χ0v) is 13.7. The molecule has 0 atom stereocenters. The van der Waals surface area contributed by atoms with Gasteiger partial charge >= 0.3 is 0 Å². The highest BCUT2D eigenvalue weighted by Crippen LogP contribution is 2.24. The lowest BCUT2D eigenvalue weighted by molar-refractivity contribution is -0.117. The van der Waals surface area contributed by atoms with E-state index < -0.39 is 0 Å². The molecule has 0 saturated carbocycles. The molecule has 1 heterocycles. The number of nitrogens with zero attached hydrogens (tertiary/aromatic N) is 1. The summed E-state index contributed by atoms with van der Waals surface area (Å²) < 4.78 is 0. The highest BCUT2D eigenvalue weighted by Gasteiger charge is 2.21. The van der Waals surface area contributed by atoms with Crippen LogP contribution in [0, 0.1) is 0 Å². The molecule has 0 unspecified atom stereocenters. The number of carbonyl (C=O) groups is 2. The third kappa shape index (κ3) is 3.66. The average Bonchev–Trinajstić information content (AvgIpc) is 2.93. The Balaban J connectivity index is 1.72. The first kappa shape index (κ1) is 15.8. The summed E-state index contributed by atoms with van der Waals surface area (Å²) in [7, 11) is 0. The molecule has 1 fully saturated rings. The maximum absolute atomic E-state index is 12.2. The van der Waals surface area contributed by atoms with Gasteiger partial charge in [0.15, 0.2) is 0 Å². The highest BCUT2D eigenvalue weighted by molar-refractivity contribution is 6.35. The topological polar surface area (TPSA) is 49.4 Å². The number of benzene rings is 2. The van der Waals surface area contributed by atoms with Gasteiger partial charge in [-0.2, -0.15) is 0 Å². The van der Waals surface area contributed by atoms with Crippen LogP contribution in [0.4, 0.5) is 11.4 Å². The molecular weight excluding hydrogens is 335 g/mol. The fourth-order valence-electron chi connectivity index (χ4n) is 2.53. The van der Waals surface area contributed by atoms with Gasteiger partial charge in [0.1, 0.15) is 0 Å². The quantitative estimate of drug-likeness (QED) is 0.894. The van der Waals surface area contributed by atoms with Crippen LogP contribution in [-0.4, -0.2) is 18.4 Å². The molecule has 2 amide bonds. The number of amides is 2. The Morgan fingerprint density at radius 1 is 1.04 bits per heavy atom. The molecule has 0 spiro atoms. The summed E-state index contributed by atoms with van der Waals surface area (Å²) >= 11 is 11.8. The molecule has 4 nitrogen and oxygen atoms in total. The van der Waals surface area contributed by atoms with Gasteiger partial charge in [-0.25, -0.2) is 0 Å². The zero-order chi connectivity index (χ0) is 16.4. The van der Waals surface area contributed by atoms with Crippen LogP contribution in [0.25, 0.3) is 0 Å². The molecule has 118 valence electrons. The molecule has 0 aromatic heterocycles. The Kier molecular flexibility index (Phi) is 4.55. The van der Waals surface area contributed by atoms with Crippen LogP contribution in [0.2, 0.25) is 10.0 Å². The highest BCUT2D eigenvalue weighted by atomic mass is 35.5. The van der Waals surface area contributed by atoms with E-state index in [2.05, 4.69) is 5.32 Å². The number of anilines is 2. The van der Waals surface area contributed by atoms with Crippen molar-refractivity contribution >= 4 is 46.4 Å². The molecule has 3 rings (SSSR count). The van der Waals surface area contributed by atoms with Gasteiger partial charge in [0, 0.05) is 39.9 Å². The largest absolute Gasteiger partial charge is 0.322 e. The lowest BCUT2D eigenvalue weighted by atomic mass is 10.2. The van der Waals surface area contributed by atoms with Gasteiger partial charge in [-0.1, -0.05) is 23.2 Å². The Bertz CT molecular complexity index is 739. The van der Waals surface area contributed by atoms with E-state index in [0.717, 1.165) is 18.7 Å². The van der Waals surface area contributed by atoms with Crippen LogP contribution < -0.4 is 10.2 Å². The standard InChI is InChI=1S/C17H14Cl2N2O2/c18-12-8-11(9-13(19)10-12)17(23)20-14-3-5-15(6-4-14)21-7-1-2-16(21)22/h3-6,8-10H,1-2,7H2,(H,20,23). The molecule has 1 saturated heterocycles. The number of carbonyl (C=O) groups excluding carboxylic acids is 2. The van der Waals surface area contributed by atoms with Crippen LogP contribution in [0.1, 0.15) is 23.2 Å². The molecule has 6 heteroatoms. The first-order valence-corrected chi connectivity index (χ1v) is 7.96. The number of hydrogen-bond acceptors (Lipinski definition) is 2.